The average Bonchev–Trinajstić information content (AvgIpc) is 2.27. The summed E-state index contributed by atoms with van der Waals surface area (Å²) in [6, 6.07) is 1.62. The molecule has 1 N–H and O–H groups in total. The number of carbonyl (C=O) groups excluding carboxylic acids is 1. The maximum absolute atomic E-state index is 10.8. The molecule has 0 bridgehead atoms. The van der Waals surface area contributed by atoms with Gasteiger partial charge in [-0.15, -0.1) is 0 Å². The predicted molar refractivity (Wildman–Crippen MR) is 62.3 cm³/mol. The van der Waals surface area contributed by atoms with E-state index in [-0.39, 0.29) is 18.6 Å². The molecule has 0 amide bonds. The van der Waals surface area contributed by atoms with Gasteiger partial charge in [0, 0.05) is 13.3 Å². The van der Waals surface area contributed by atoms with Gasteiger partial charge in [-0.05, 0) is 18.1 Å². The lowest BCUT2D eigenvalue weighted by Crippen LogP contribution is -2.06. The number of ether oxygens (including phenoxy) is 2. The Morgan fingerprint density at radius 2 is 2.00 bits per heavy atom. The Balaban J connectivity index is 5.02. The van der Waals surface area contributed by atoms with Crippen LogP contribution in [0.15, 0.2) is 23.0 Å². The van der Waals surface area contributed by atoms with Gasteiger partial charge in [-0.25, -0.2) is 4.79 Å². The molecule has 0 atom stereocenters. The molecule has 0 unspecified atom stereocenters. The number of carboxylic acid groups (broad SMARTS) is 1. The van der Waals surface area contributed by atoms with E-state index in [2.05, 4.69) is 0 Å². The van der Waals surface area contributed by atoms with E-state index in [0.29, 0.717) is 11.1 Å². The molecule has 6 heteroatoms. The molecular weight excluding hydrogens is 238 g/mol. The van der Waals surface area contributed by atoms with Crippen molar-refractivity contribution in [3.63, 3.8) is 0 Å². The molecule has 0 aromatic carbocycles. The molecule has 0 aliphatic rings. The van der Waals surface area contributed by atoms with Crippen LogP contribution in [0.3, 0.4) is 0 Å². The molecular formula is C12H15NO5. The van der Waals surface area contributed by atoms with Crippen molar-refractivity contribution >= 4 is 11.9 Å². The van der Waals surface area contributed by atoms with Crippen LogP contribution in [0.1, 0.15) is 20.3 Å². The van der Waals surface area contributed by atoms with Gasteiger partial charge in [0.15, 0.2) is 0 Å². The molecule has 0 saturated heterocycles. The van der Waals surface area contributed by atoms with Crippen LogP contribution in [0.4, 0.5) is 0 Å². The number of methoxy groups -OCH3 is 1. The van der Waals surface area contributed by atoms with Crippen molar-refractivity contribution in [2.24, 2.45) is 0 Å². The van der Waals surface area contributed by atoms with Gasteiger partial charge in [-0.3, -0.25) is 4.79 Å². The maximum Gasteiger partial charge on any atom is 0.346 e. The van der Waals surface area contributed by atoms with E-state index in [4.69, 9.17) is 19.8 Å². The number of carboxylic acids is 1. The van der Waals surface area contributed by atoms with Crippen LogP contribution in [-0.2, 0) is 19.1 Å². The van der Waals surface area contributed by atoms with Crippen molar-refractivity contribution in [3.05, 3.63) is 23.0 Å². The van der Waals surface area contributed by atoms with Gasteiger partial charge in [-0.2, -0.15) is 5.26 Å². The first-order chi connectivity index (χ1) is 8.43. The lowest BCUT2D eigenvalue weighted by molar-refractivity contribution is -0.140. The minimum atomic E-state index is -1.30. The van der Waals surface area contributed by atoms with Crippen molar-refractivity contribution in [2.75, 3.05) is 13.7 Å². The molecule has 0 aliphatic carbocycles. The summed E-state index contributed by atoms with van der Waals surface area (Å²) in [6.07, 6.45) is 1.61. The number of carbonyl (C=O) groups is 2. The molecule has 0 fully saturated rings. The largest absolute Gasteiger partial charge is 0.504 e. The smallest absolute Gasteiger partial charge is 0.346 e. The third-order valence-corrected chi connectivity index (χ3v) is 2.12. The van der Waals surface area contributed by atoms with Gasteiger partial charge in [0.25, 0.3) is 0 Å². The lowest BCUT2D eigenvalue weighted by atomic mass is 10.0. The molecule has 18 heavy (non-hydrogen) atoms. The molecule has 0 saturated carbocycles. The Hall–Kier alpha value is -2.29. The van der Waals surface area contributed by atoms with Gasteiger partial charge < -0.3 is 14.6 Å². The van der Waals surface area contributed by atoms with E-state index in [1.54, 1.807) is 6.07 Å². The first-order valence-corrected chi connectivity index (χ1v) is 5.13. The highest BCUT2D eigenvalue weighted by molar-refractivity contribution is 5.92. The highest BCUT2D eigenvalue weighted by Crippen LogP contribution is 2.18. The van der Waals surface area contributed by atoms with Gasteiger partial charge in [0.05, 0.1) is 20.0 Å². The van der Waals surface area contributed by atoms with Crippen LogP contribution in [0.25, 0.3) is 0 Å². The minimum absolute atomic E-state index is 0.0974. The molecule has 0 radical (unpaired) electrons. The number of hydrogen-bond donors (Lipinski definition) is 1. The fourth-order valence-corrected chi connectivity index (χ4v) is 1.23. The van der Waals surface area contributed by atoms with Crippen molar-refractivity contribution < 1.29 is 24.2 Å². The summed E-state index contributed by atoms with van der Waals surface area (Å²) in [7, 11) is 1.41. The van der Waals surface area contributed by atoms with E-state index in [1.807, 2.05) is 0 Å². The Bertz CT molecular complexity index is 428. The highest BCUT2D eigenvalue weighted by Gasteiger charge is 2.14. The number of allylic oxidation sites excluding steroid dienone is 1. The van der Waals surface area contributed by atoms with E-state index in [1.165, 1.54) is 27.2 Å². The van der Waals surface area contributed by atoms with Crippen molar-refractivity contribution in [1.82, 2.24) is 0 Å². The standard InChI is InChI=1S/C12H15NO5/c1-8(11(6-13)12(15)16)10(7-17-3)4-5-18-9(2)14/h7H,4-5H2,1-3H3,(H,15,16). The summed E-state index contributed by atoms with van der Waals surface area (Å²) in [6.45, 7) is 2.88. The van der Waals surface area contributed by atoms with E-state index < -0.39 is 11.9 Å². The summed E-state index contributed by atoms with van der Waals surface area (Å²) in [5, 5.41) is 17.6. The zero-order valence-electron chi connectivity index (χ0n) is 10.5. The molecule has 0 spiro atoms. The monoisotopic (exact) mass is 253 g/mol. The summed E-state index contributed by atoms with van der Waals surface area (Å²) < 4.78 is 9.57. The molecule has 0 aliphatic heterocycles. The molecule has 0 aromatic rings. The van der Waals surface area contributed by atoms with Crippen LogP contribution < -0.4 is 0 Å². The first kappa shape index (κ1) is 15.7. The number of aliphatic carboxylic acids is 1. The van der Waals surface area contributed by atoms with Crippen molar-refractivity contribution in [2.45, 2.75) is 20.3 Å². The SMILES string of the molecule is COC=C(CCOC(C)=O)C(C)=C(C#N)C(=O)O. The van der Waals surface area contributed by atoms with E-state index in [9.17, 15) is 9.59 Å². The fourth-order valence-electron chi connectivity index (χ4n) is 1.23. The normalized spacial score (nSPS) is 12.2. The van der Waals surface area contributed by atoms with Crippen LogP contribution >= 0.6 is 0 Å². The zero-order valence-corrected chi connectivity index (χ0v) is 10.5. The van der Waals surface area contributed by atoms with Crippen LogP contribution in [-0.4, -0.2) is 30.8 Å². The zero-order chi connectivity index (χ0) is 14.1. The van der Waals surface area contributed by atoms with Crippen LogP contribution in [0.2, 0.25) is 0 Å². The quantitative estimate of drug-likeness (QED) is 0.252. The Kier molecular flexibility index (Phi) is 6.89. The van der Waals surface area contributed by atoms with Gasteiger partial charge in [-0.1, -0.05) is 0 Å². The number of esters is 1. The Morgan fingerprint density at radius 1 is 1.39 bits per heavy atom. The maximum atomic E-state index is 10.8. The minimum Gasteiger partial charge on any atom is -0.504 e. The van der Waals surface area contributed by atoms with E-state index in [0.717, 1.165) is 0 Å². The summed E-state index contributed by atoms with van der Waals surface area (Å²) in [5.41, 5.74) is 0.429. The molecule has 98 valence electrons. The number of rotatable bonds is 6. The molecule has 6 nitrogen and oxygen atoms in total. The van der Waals surface area contributed by atoms with Crippen LogP contribution in [0.5, 0.6) is 0 Å². The summed E-state index contributed by atoms with van der Waals surface area (Å²) in [5.74, 6) is -1.73. The van der Waals surface area contributed by atoms with Crippen LogP contribution in [0, 0.1) is 11.3 Å². The van der Waals surface area contributed by atoms with Gasteiger partial charge in [0.1, 0.15) is 11.6 Å². The number of nitriles is 1. The third kappa shape index (κ3) is 5.16. The van der Waals surface area contributed by atoms with Gasteiger partial charge in [0.2, 0.25) is 0 Å². The Morgan fingerprint density at radius 3 is 2.39 bits per heavy atom. The van der Waals surface area contributed by atoms with E-state index >= 15 is 0 Å². The summed E-state index contributed by atoms with van der Waals surface area (Å²) >= 11 is 0. The molecule has 0 rings (SSSR count). The second kappa shape index (κ2) is 7.90. The van der Waals surface area contributed by atoms with Gasteiger partial charge >= 0.3 is 11.9 Å². The molecule has 0 heterocycles. The lowest BCUT2D eigenvalue weighted by Gasteiger charge is -2.09. The average molecular weight is 253 g/mol. The van der Waals surface area contributed by atoms with Crippen molar-refractivity contribution in [3.8, 4) is 6.07 Å². The third-order valence-electron chi connectivity index (χ3n) is 2.12. The predicted octanol–water partition coefficient (Wildman–Crippen LogP) is 1.39. The molecule has 0 aromatic heterocycles. The number of hydrogen-bond acceptors (Lipinski definition) is 5. The first-order valence-electron chi connectivity index (χ1n) is 5.13. The summed E-state index contributed by atoms with van der Waals surface area (Å²) in [4.78, 5) is 21.4. The van der Waals surface area contributed by atoms with Crippen molar-refractivity contribution in [1.29, 1.82) is 5.26 Å². The number of nitrogens with zero attached hydrogens (tertiary/aromatic N) is 1. The highest BCUT2D eigenvalue weighted by atomic mass is 16.5. The Labute approximate surface area is 105 Å². The second-order valence-corrected chi connectivity index (χ2v) is 3.39. The second-order valence-electron chi connectivity index (χ2n) is 3.39. The topological polar surface area (TPSA) is 96.6 Å². The fraction of sp³-hybridized carbons (Fsp3) is 0.417.